The van der Waals surface area contributed by atoms with Gasteiger partial charge in [-0.3, -0.25) is 0 Å². The molecule has 0 aliphatic heterocycles. The van der Waals surface area contributed by atoms with Gasteiger partial charge in [0.05, 0.1) is 7.11 Å². The Hall–Kier alpha value is -1.30. The number of rotatable bonds is 6. The van der Waals surface area contributed by atoms with Crippen LogP contribution < -0.4 is 4.74 Å². The van der Waals surface area contributed by atoms with Crippen LogP contribution in [0.15, 0.2) is 24.3 Å². The van der Waals surface area contributed by atoms with Crippen molar-refractivity contribution in [1.29, 1.82) is 10.5 Å². The highest BCUT2D eigenvalue weighted by molar-refractivity contribution is 8.07. The predicted molar refractivity (Wildman–Crippen MR) is 71.8 cm³/mol. The van der Waals surface area contributed by atoms with Crippen LogP contribution >= 0.6 is 23.5 Å². The lowest BCUT2D eigenvalue weighted by Crippen LogP contribution is -2.09. The van der Waals surface area contributed by atoms with Gasteiger partial charge in [0.1, 0.15) is 16.6 Å². The summed E-state index contributed by atoms with van der Waals surface area (Å²) in [5.74, 6) is 1.49. The number of thiocyanates is 2. The number of hydrogen-bond donors (Lipinski definition) is 0. The first-order chi connectivity index (χ1) is 8.30. The maximum Gasteiger partial charge on any atom is 0.133 e. The van der Waals surface area contributed by atoms with Gasteiger partial charge >= 0.3 is 0 Å². The Kier molecular flexibility index (Phi) is 6.39. The molecule has 0 fully saturated rings. The molecule has 1 aromatic rings. The summed E-state index contributed by atoms with van der Waals surface area (Å²) in [5, 5.41) is 21.5. The van der Waals surface area contributed by atoms with Gasteiger partial charge in [-0.25, -0.2) is 0 Å². The molecule has 3 nitrogen and oxygen atoms in total. The molecule has 0 N–H and O–H groups in total. The minimum atomic E-state index is 0.151. The molecule has 1 unspecified atom stereocenters. The van der Waals surface area contributed by atoms with E-state index in [1.165, 1.54) is 23.5 Å². The van der Waals surface area contributed by atoms with Gasteiger partial charge in [-0.05, 0) is 47.6 Å². The number of methoxy groups -OCH3 is 1. The van der Waals surface area contributed by atoms with E-state index in [-0.39, 0.29) is 5.25 Å². The molecule has 1 atom stereocenters. The van der Waals surface area contributed by atoms with E-state index >= 15 is 0 Å². The zero-order chi connectivity index (χ0) is 12.5. The van der Waals surface area contributed by atoms with Crippen molar-refractivity contribution in [1.82, 2.24) is 0 Å². The van der Waals surface area contributed by atoms with E-state index < -0.39 is 0 Å². The highest BCUT2D eigenvalue weighted by Crippen LogP contribution is 2.21. The van der Waals surface area contributed by atoms with Gasteiger partial charge in [0.2, 0.25) is 0 Å². The molecular formula is C12H12N2OS2. The Labute approximate surface area is 110 Å². The van der Waals surface area contributed by atoms with E-state index in [0.717, 1.165) is 17.7 Å². The predicted octanol–water partition coefficient (Wildman–Crippen LogP) is 3.03. The molecule has 0 amide bonds. The number of benzene rings is 1. The van der Waals surface area contributed by atoms with Gasteiger partial charge < -0.3 is 4.74 Å². The fraction of sp³-hybridized carbons (Fsp3) is 0.333. The molecule has 0 aliphatic carbocycles. The monoisotopic (exact) mass is 264 g/mol. The lowest BCUT2D eigenvalue weighted by atomic mass is 10.1. The van der Waals surface area contributed by atoms with Crippen LogP contribution in [0.1, 0.15) is 5.56 Å². The molecule has 0 radical (unpaired) electrons. The van der Waals surface area contributed by atoms with Crippen LogP contribution in [0.4, 0.5) is 0 Å². The summed E-state index contributed by atoms with van der Waals surface area (Å²) < 4.78 is 5.08. The van der Waals surface area contributed by atoms with Crippen molar-refractivity contribution < 1.29 is 4.74 Å². The van der Waals surface area contributed by atoms with Crippen molar-refractivity contribution in [2.75, 3.05) is 12.9 Å². The van der Waals surface area contributed by atoms with Crippen LogP contribution in [0.5, 0.6) is 5.75 Å². The summed E-state index contributed by atoms with van der Waals surface area (Å²) in [7, 11) is 1.63. The van der Waals surface area contributed by atoms with Crippen molar-refractivity contribution in [3.63, 3.8) is 0 Å². The molecule has 0 spiro atoms. The molecule has 1 rings (SSSR count). The molecule has 88 valence electrons. The van der Waals surface area contributed by atoms with Crippen molar-refractivity contribution >= 4 is 23.5 Å². The molecule has 0 aromatic heterocycles. The number of nitrogens with zero attached hydrogens (tertiary/aromatic N) is 2. The van der Waals surface area contributed by atoms with Gasteiger partial charge in [0.15, 0.2) is 0 Å². The summed E-state index contributed by atoms with van der Waals surface area (Å²) in [6.45, 7) is 0. The second-order valence-corrected chi connectivity index (χ2v) is 5.18. The fourth-order valence-electron chi connectivity index (χ4n) is 1.36. The third-order valence-electron chi connectivity index (χ3n) is 2.18. The molecule has 0 saturated heterocycles. The SMILES string of the molecule is COc1ccc(CC(CSC#N)SC#N)cc1. The van der Waals surface area contributed by atoms with Crippen LogP contribution in [-0.2, 0) is 6.42 Å². The molecular weight excluding hydrogens is 252 g/mol. The molecule has 0 heterocycles. The smallest absolute Gasteiger partial charge is 0.133 e. The minimum Gasteiger partial charge on any atom is -0.497 e. The second-order valence-electron chi connectivity index (χ2n) is 3.29. The maximum atomic E-state index is 8.70. The van der Waals surface area contributed by atoms with E-state index in [9.17, 15) is 0 Å². The lowest BCUT2D eigenvalue weighted by molar-refractivity contribution is 0.414. The average molecular weight is 264 g/mol. The van der Waals surface area contributed by atoms with Crippen LogP contribution in [-0.4, -0.2) is 18.1 Å². The highest BCUT2D eigenvalue weighted by Gasteiger charge is 2.10. The Balaban J connectivity index is 2.59. The Morgan fingerprint density at radius 3 is 2.47 bits per heavy atom. The van der Waals surface area contributed by atoms with Crippen molar-refractivity contribution in [3.05, 3.63) is 29.8 Å². The molecule has 0 saturated carbocycles. The summed E-state index contributed by atoms with van der Waals surface area (Å²) >= 11 is 2.42. The maximum absolute atomic E-state index is 8.70. The number of nitriles is 2. The zero-order valence-corrected chi connectivity index (χ0v) is 11.1. The summed E-state index contributed by atoms with van der Waals surface area (Å²) in [5.41, 5.74) is 1.15. The Morgan fingerprint density at radius 1 is 1.24 bits per heavy atom. The minimum absolute atomic E-state index is 0.151. The normalized spacial score (nSPS) is 11.2. The van der Waals surface area contributed by atoms with E-state index in [4.69, 9.17) is 15.3 Å². The average Bonchev–Trinajstić information content (AvgIpc) is 2.37. The zero-order valence-electron chi connectivity index (χ0n) is 9.42. The van der Waals surface area contributed by atoms with Crippen molar-refractivity contribution in [2.45, 2.75) is 11.7 Å². The largest absolute Gasteiger partial charge is 0.497 e. The molecule has 5 heteroatoms. The molecule has 17 heavy (non-hydrogen) atoms. The van der Waals surface area contributed by atoms with Gasteiger partial charge in [-0.1, -0.05) is 12.1 Å². The first-order valence-corrected chi connectivity index (χ1v) is 6.85. The fourth-order valence-corrected chi connectivity index (χ4v) is 2.64. The summed E-state index contributed by atoms with van der Waals surface area (Å²) in [4.78, 5) is 0. The van der Waals surface area contributed by atoms with Gasteiger partial charge in [0.25, 0.3) is 0 Å². The third kappa shape index (κ3) is 5.04. The van der Waals surface area contributed by atoms with E-state index in [0.29, 0.717) is 5.75 Å². The Bertz CT molecular complexity index is 420. The van der Waals surface area contributed by atoms with Gasteiger partial charge in [-0.15, -0.1) is 0 Å². The quantitative estimate of drug-likeness (QED) is 0.739. The second kappa shape index (κ2) is 7.89. The van der Waals surface area contributed by atoms with Crippen molar-refractivity contribution in [3.8, 4) is 16.6 Å². The van der Waals surface area contributed by atoms with Crippen LogP contribution in [0.3, 0.4) is 0 Å². The van der Waals surface area contributed by atoms with Crippen LogP contribution in [0.2, 0.25) is 0 Å². The summed E-state index contributed by atoms with van der Waals surface area (Å²) in [6.07, 6.45) is 0.789. The van der Waals surface area contributed by atoms with E-state index in [1.54, 1.807) is 7.11 Å². The first-order valence-electron chi connectivity index (χ1n) is 4.98. The van der Waals surface area contributed by atoms with Gasteiger partial charge in [-0.2, -0.15) is 10.5 Å². The van der Waals surface area contributed by atoms with E-state index in [1.807, 2.05) is 29.7 Å². The van der Waals surface area contributed by atoms with Gasteiger partial charge in [0, 0.05) is 11.0 Å². The Morgan fingerprint density at radius 2 is 1.94 bits per heavy atom. The molecule has 1 aromatic carbocycles. The van der Waals surface area contributed by atoms with Crippen LogP contribution in [0.25, 0.3) is 0 Å². The number of hydrogen-bond acceptors (Lipinski definition) is 5. The highest BCUT2D eigenvalue weighted by atomic mass is 32.2. The number of ether oxygens (including phenoxy) is 1. The van der Waals surface area contributed by atoms with Crippen LogP contribution in [0, 0.1) is 21.3 Å². The molecule has 0 bridgehead atoms. The lowest BCUT2D eigenvalue weighted by Gasteiger charge is -2.10. The topological polar surface area (TPSA) is 56.8 Å². The standard InChI is InChI=1S/C12H12N2OS2/c1-15-11-4-2-10(3-5-11)6-12(17-9-14)7-16-8-13/h2-5,12H,6-7H2,1H3. The first kappa shape index (κ1) is 13.8. The third-order valence-corrected chi connectivity index (χ3v) is 3.86. The summed E-state index contributed by atoms with van der Waals surface area (Å²) in [6, 6.07) is 7.78. The van der Waals surface area contributed by atoms with Crippen molar-refractivity contribution in [2.24, 2.45) is 0 Å². The number of thioether (sulfide) groups is 2. The molecule has 0 aliphatic rings. The van der Waals surface area contributed by atoms with E-state index in [2.05, 4.69) is 5.40 Å².